The number of hydrogen-bond donors (Lipinski definition) is 1. The van der Waals surface area contributed by atoms with E-state index in [1.807, 2.05) is 17.7 Å². The lowest BCUT2D eigenvalue weighted by atomic mass is 10.3. The van der Waals surface area contributed by atoms with E-state index in [0.29, 0.717) is 11.6 Å². The molecule has 0 spiro atoms. The summed E-state index contributed by atoms with van der Waals surface area (Å²) in [6.07, 6.45) is 0.808. The van der Waals surface area contributed by atoms with Gasteiger partial charge in [0.05, 0.1) is 5.52 Å². The number of rotatable bonds is 4. The van der Waals surface area contributed by atoms with E-state index in [1.54, 1.807) is 6.07 Å². The molecule has 1 N–H and O–H groups in total. The number of imidazole rings is 1. The summed E-state index contributed by atoms with van der Waals surface area (Å²) in [7, 11) is 1.86. The molecule has 2 aromatic rings. The minimum absolute atomic E-state index is 0.208. The van der Waals surface area contributed by atoms with Gasteiger partial charge in [0.15, 0.2) is 0 Å². The first-order chi connectivity index (χ1) is 8.09. The van der Waals surface area contributed by atoms with Gasteiger partial charge in [-0.1, -0.05) is 19.9 Å². The molecule has 0 aliphatic rings. The van der Waals surface area contributed by atoms with Crippen LogP contribution in [0.3, 0.4) is 0 Å². The molecule has 0 aliphatic carbocycles. The van der Waals surface area contributed by atoms with Gasteiger partial charge in [-0.25, -0.2) is 9.37 Å². The third-order valence-electron chi connectivity index (χ3n) is 2.84. The van der Waals surface area contributed by atoms with Gasteiger partial charge in [-0.2, -0.15) is 0 Å². The van der Waals surface area contributed by atoms with E-state index in [2.05, 4.69) is 24.1 Å². The minimum Gasteiger partial charge on any atom is -0.329 e. The maximum atomic E-state index is 13.6. The summed E-state index contributed by atoms with van der Waals surface area (Å²) in [5, 5.41) is 3.33. The van der Waals surface area contributed by atoms with E-state index in [-0.39, 0.29) is 5.82 Å². The highest BCUT2D eigenvalue weighted by molar-refractivity contribution is 5.76. The normalized spacial score (nSPS) is 11.6. The second kappa shape index (κ2) is 4.84. The summed E-state index contributed by atoms with van der Waals surface area (Å²) in [5.74, 6) is 0.707. The molecule has 17 heavy (non-hydrogen) atoms. The number of nitrogens with one attached hydrogen (secondary N) is 1. The Morgan fingerprint density at radius 3 is 2.82 bits per heavy atom. The van der Waals surface area contributed by atoms with Gasteiger partial charge in [0.2, 0.25) is 0 Å². The summed E-state index contributed by atoms with van der Waals surface area (Å²) >= 11 is 0. The molecule has 0 radical (unpaired) electrons. The van der Waals surface area contributed by atoms with E-state index >= 15 is 0 Å². The molecule has 92 valence electrons. The van der Waals surface area contributed by atoms with Crippen molar-refractivity contribution in [2.24, 2.45) is 7.05 Å². The summed E-state index contributed by atoms with van der Waals surface area (Å²) in [4.78, 5) is 4.45. The highest BCUT2D eigenvalue weighted by Gasteiger charge is 2.10. The summed E-state index contributed by atoms with van der Waals surface area (Å²) < 4.78 is 15.5. The van der Waals surface area contributed by atoms with E-state index in [1.165, 1.54) is 6.07 Å². The highest BCUT2D eigenvalue weighted by atomic mass is 19.1. The van der Waals surface area contributed by atoms with E-state index < -0.39 is 0 Å². The van der Waals surface area contributed by atoms with Gasteiger partial charge in [0.25, 0.3) is 0 Å². The molecule has 1 aromatic heterocycles. The monoisotopic (exact) mass is 235 g/mol. The summed E-state index contributed by atoms with van der Waals surface area (Å²) in [6, 6.07) is 5.47. The van der Waals surface area contributed by atoms with Crippen LogP contribution in [0.15, 0.2) is 18.2 Å². The van der Waals surface area contributed by atoms with Crippen molar-refractivity contribution < 1.29 is 4.39 Å². The fourth-order valence-corrected chi connectivity index (χ4v) is 1.97. The van der Waals surface area contributed by atoms with E-state index in [0.717, 1.165) is 24.3 Å². The van der Waals surface area contributed by atoms with Crippen molar-refractivity contribution in [1.29, 1.82) is 0 Å². The van der Waals surface area contributed by atoms with Crippen LogP contribution < -0.4 is 5.32 Å². The Morgan fingerprint density at radius 1 is 1.41 bits per heavy atom. The van der Waals surface area contributed by atoms with Crippen molar-refractivity contribution in [2.75, 3.05) is 6.54 Å². The van der Waals surface area contributed by atoms with Gasteiger partial charge < -0.3 is 9.88 Å². The number of benzene rings is 1. The third-order valence-corrected chi connectivity index (χ3v) is 2.84. The smallest absolute Gasteiger partial charge is 0.149 e. The lowest BCUT2D eigenvalue weighted by molar-refractivity contribution is 0.577. The second-order valence-electron chi connectivity index (χ2n) is 4.55. The van der Waals surface area contributed by atoms with Crippen LogP contribution in [0, 0.1) is 5.82 Å². The molecule has 0 unspecified atom stereocenters. The van der Waals surface area contributed by atoms with Gasteiger partial charge in [-0.15, -0.1) is 0 Å². The number of hydrogen-bond acceptors (Lipinski definition) is 2. The van der Waals surface area contributed by atoms with Crippen molar-refractivity contribution in [1.82, 2.24) is 14.9 Å². The molecule has 3 nitrogen and oxygen atoms in total. The van der Waals surface area contributed by atoms with Crippen LogP contribution in [0.5, 0.6) is 0 Å². The molecular weight excluding hydrogens is 217 g/mol. The molecule has 1 heterocycles. The first kappa shape index (κ1) is 12.0. The van der Waals surface area contributed by atoms with Gasteiger partial charge >= 0.3 is 0 Å². The topological polar surface area (TPSA) is 29.9 Å². The number of halogens is 1. The van der Waals surface area contributed by atoms with Crippen molar-refractivity contribution >= 4 is 11.0 Å². The van der Waals surface area contributed by atoms with Crippen LogP contribution >= 0.6 is 0 Å². The lowest BCUT2D eigenvalue weighted by Gasteiger charge is -2.07. The molecule has 0 saturated carbocycles. The van der Waals surface area contributed by atoms with Crippen LogP contribution in [0.2, 0.25) is 0 Å². The maximum Gasteiger partial charge on any atom is 0.149 e. The van der Waals surface area contributed by atoms with Crippen LogP contribution in [0.4, 0.5) is 4.39 Å². The van der Waals surface area contributed by atoms with Gasteiger partial charge in [0, 0.05) is 26.1 Å². The minimum atomic E-state index is -0.208. The molecule has 0 bridgehead atoms. The fourth-order valence-electron chi connectivity index (χ4n) is 1.97. The van der Waals surface area contributed by atoms with Crippen molar-refractivity contribution in [3.8, 4) is 0 Å². The third kappa shape index (κ3) is 2.47. The number of aryl methyl sites for hydroxylation is 1. The largest absolute Gasteiger partial charge is 0.329 e. The number of nitrogens with zero attached hydrogens (tertiary/aromatic N) is 2. The SMILES string of the molecule is CC(C)NCCc1nc2cccc(F)c2n1C. The number of aromatic nitrogens is 2. The van der Waals surface area contributed by atoms with Gasteiger partial charge in [0.1, 0.15) is 17.2 Å². The van der Waals surface area contributed by atoms with Gasteiger partial charge in [-0.05, 0) is 12.1 Å². The predicted molar refractivity (Wildman–Crippen MR) is 67.5 cm³/mol. The van der Waals surface area contributed by atoms with Crippen molar-refractivity contribution in [3.63, 3.8) is 0 Å². The zero-order valence-electron chi connectivity index (χ0n) is 10.5. The zero-order valence-corrected chi connectivity index (χ0v) is 10.5. The zero-order chi connectivity index (χ0) is 12.4. The molecule has 0 aliphatic heterocycles. The Labute approximate surface area is 101 Å². The van der Waals surface area contributed by atoms with Crippen LogP contribution in [-0.4, -0.2) is 22.1 Å². The molecular formula is C13H18FN3. The molecule has 0 saturated heterocycles. The molecule has 4 heteroatoms. The Balaban J connectivity index is 2.24. The van der Waals surface area contributed by atoms with Crippen molar-refractivity contribution in [3.05, 3.63) is 29.8 Å². The van der Waals surface area contributed by atoms with E-state index in [9.17, 15) is 4.39 Å². The van der Waals surface area contributed by atoms with Crippen LogP contribution in [0.25, 0.3) is 11.0 Å². The lowest BCUT2D eigenvalue weighted by Crippen LogP contribution is -2.25. The number of fused-ring (bicyclic) bond motifs is 1. The number of para-hydroxylation sites is 1. The Hall–Kier alpha value is -1.42. The van der Waals surface area contributed by atoms with Gasteiger partial charge in [-0.3, -0.25) is 0 Å². The molecule has 0 fully saturated rings. The highest BCUT2D eigenvalue weighted by Crippen LogP contribution is 2.18. The average molecular weight is 235 g/mol. The Bertz CT molecular complexity index is 517. The quantitative estimate of drug-likeness (QED) is 0.881. The molecule has 0 amide bonds. The van der Waals surface area contributed by atoms with Crippen LogP contribution in [0.1, 0.15) is 19.7 Å². The average Bonchev–Trinajstić information content (AvgIpc) is 2.57. The first-order valence-electron chi connectivity index (χ1n) is 5.93. The summed E-state index contributed by atoms with van der Waals surface area (Å²) in [6.45, 7) is 5.07. The Morgan fingerprint density at radius 2 is 2.18 bits per heavy atom. The molecule has 0 atom stereocenters. The molecule has 2 rings (SSSR count). The summed E-state index contributed by atoms with van der Waals surface area (Å²) in [5.41, 5.74) is 1.32. The Kier molecular flexibility index (Phi) is 3.43. The first-order valence-corrected chi connectivity index (χ1v) is 5.93. The fraction of sp³-hybridized carbons (Fsp3) is 0.462. The van der Waals surface area contributed by atoms with Crippen molar-refractivity contribution in [2.45, 2.75) is 26.3 Å². The standard InChI is InChI=1S/C13H18FN3/c1-9(2)15-8-7-12-16-11-6-4-5-10(14)13(11)17(12)3/h4-6,9,15H,7-8H2,1-3H3. The second-order valence-corrected chi connectivity index (χ2v) is 4.55. The van der Waals surface area contributed by atoms with Crippen LogP contribution in [-0.2, 0) is 13.5 Å². The van der Waals surface area contributed by atoms with E-state index in [4.69, 9.17) is 0 Å². The molecule has 1 aromatic carbocycles. The maximum absolute atomic E-state index is 13.6. The predicted octanol–water partition coefficient (Wildman–Crippen LogP) is 2.25.